The van der Waals surface area contributed by atoms with Crippen molar-refractivity contribution in [1.29, 1.82) is 0 Å². The van der Waals surface area contributed by atoms with E-state index in [0.29, 0.717) is 31.5 Å². The summed E-state index contributed by atoms with van der Waals surface area (Å²) in [4.78, 5) is 16.7. The molecule has 1 saturated carbocycles. The highest BCUT2D eigenvalue weighted by Gasteiger charge is 2.15. The lowest BCUT2D eigenvalue weighted by atomic mass is 9.95. The van der Waals surface area contributed by atoms with E-state index in [2.05, 4.69) is 20.9 Å². The lowest BCUT2D eigenvalue weighted by Crippen LogP contribution is -2.41. The summed E-state index contributed by atoms with van der Waals surface area (Å²) in [5, 5.41) is 19.2. The van der Waals surface area contributed by atoms with E-state index in [9.17, 15) is 9.90 Å². The Kier molecular flexibility index (Phi) is 9.69. The zero-order valence-corrected chi connectivity index (χ0v) is 16.4. The minimum Gasteiger partial charge on any atom is -0.396 e. The Morgan fingerprint density at radius 2 is 1.93 bits per heavy atom. The molecule has 1 amide bonds. The molecule has 0 aliphatic heterocycles. The number of hydrogen-bond donors (Lipinski definition) is 4. The molecule has 6 nitrogen and oxygen atoms in total. The molecule has 1 aliphatic carbocycles. The van der Waals surface area contributed by atoms with Crippen molar-refractivity contribution in [3.05, 3.63) is 35.9 Å². The third-order valence-electron chi connectivity index (χ3n) is 4.92. The van der Waals surface area contributed by atoms with E-state index >= 15 is 0 Å². The number of benzene rings is 1. The molecule has 0 bridgehead atoms. The van der Waals surface area contributed by atoms with Crippen LogP contribution in [0.2, 0.25) is 0 Å². The molecule has 1 aliphatic rings. The predicted octanol–water partition coefficient (Wildman–Crippen LogP) is 2.16. The number of rotatable bonds is 9. The Hall–Kier alpha value is -2.08. The summed E-state index contributed by atoms with van der Waals surface area (Å²) in [5.41, 5.74) is 1.08. The Balaban J connectivity index is 1.77. The minimum atomic E-state index is -0.0312. The molecule has 1 fully saturated rings. The molecule has 150 valence electrons. The summed E-state index contributed by atoms with van der Waals surface area (Å²) < 4.78 is 0. The largest absolute Gasteiger partial charge is 0.396 e. The number of nitrogens with one attached hydrogen (secondary N) is 3. The smallest absolute Gasteiger partial charge is 0.221 e. The summed E-state index contributed by atoms with van der Waals surface area (Å²) in [6, 6.07) is 10.3. The van der Waals surface area contributed by atoms with E-state index in [1.807, 2.05) is 37.3 Å². The molecule has 6 heteroatoms. The van der Waals surface area contributed by atoms with E-state index in [1.54, 1.807) is 0 Å². The maximum atomic E-state index is 12.1. The van der Waals surface area contributed by atoms with Gasteiger partial charge in [-0.15, -0.1) is 0 Å². The first-order valence-electron chi connectivity index (χ1n) is 10.2. The summed E-state index contributed by atoms with van der Waals surface area (Å²) >= 11 is 0. The summed E-state index contributed by atoms with van der Waals surface area (Å²) in [6.07, 6.45) is 6.36. The third-order valence-corrected chi connectivity index (χ3v) is 4.92. The predicted molar refractivity (Wildman–Crippen MR) is 110 cm³/mol. The van der Waals surface area contributed by atoms with Crippen molar-refractivity contribution in [2.75, 3.05) is 26.2 Å². The molecule has 4 N–H and O–H groups in total. The van der Waals surface area contributed by atoms with Crippen LogP contribution in [0.25, 0.3) is 0 Å². The normalized spacial score (nSPS) is 16.6. The summed E-state index contributed by atoms with van der Waals surface area (Å²) in [5.74, 6) is 0.747. The van der Waals surface area contributed by atoms with Crippen LogP contribution in [-0.4, -0.2) is 49.3 Å². The standard InChI is InChI=1S/C21H34N4O2/c1-2-22-21(24-15-18(16-26)17-9-5-3-6-10-17)23-14-13-20(27)25-19-11-7-4-8-12-19/h3,5-6,9-10,18-19,26H,2,4,7-8,11-16H2,1H3,(H,25,27)(H2,22,23,24). The molecule has 0 heterocycles. The Bertz CT molecular complexity index is 571. The molecule has 2 rings (SSSR count). The van der Waals surface area contributed by atoms with Crippen LogP contribution < -0.4 is 16.0 Å². The highest BCUT2D eigenvalue weighted by atomic mass is 16.3. The second-order valence-corrected chi connectivity index (χ2v) is 7.09. The molecule has 1 unspecified atom stereocenters. The maximum absolute atomic E-state index is 12.1. The van der Waals surface area contributed by atoms with Gasteiger partial charge in [0.1, 0.15) is 0 Å². The Labute approximate surface area is 162 Å². The molecule has 0 aromatic heterocycles. The number of amides is 1. The van der Waals surface area contributed by atoms with Gasteiger partial charge in [0.2, 0.25) is 5.91 Å². The molecule has 1 aromatic rings. The number of aliphatic hydroxyl groups is 1. The van der Waals surface area contributed by atoms with Crippen molar-refractivity contribution in [2.45, 2.75) is 57.4 Å². The van der Waals surface area contributed by atoms with Gasteiger partial charge in [-0.3, -0.25) is 9.79 Å². The van der Waals surface area contributed by atoms with Crippen molar-refractivity contribution >= 4 is 11.9 Å². The van der Waals surface area contributed by atoms with E-state index in [4.69, 9.17) is 0 Å². The number of aliphatic hydroxyl groups excluding tert-OH is 1. The lowest BCUT2D eigenvalue weighted by molar-refractivity contribution is -0.121. The fraction of sp³-hybridized carbons (Fsp3) is 0.619. The van der Waals surface area contributed by atoms with Crippen molar-refractivity contribution in [3.8, 4) is 0 Å². The Morgan fingerprint density at radius 1 is 1.19 bits per heavy atom. The second kappa shape index (κ2) is 12.3. The average Bonchev–Trinajstić information content (AvgIpc) is 2.70. The molecule has 1 aromatic carbocycles. The fourth-order valence-corrected chi connectivity index (χ4v) is 3.38. The van der Waals surface area contributed by atoms with Crippen molar-refractivity contribution in [3.63, 3.8) is 0 Å². The molecular formula is C21H34N4O2. The number of carbonyl (C=O) groups excluding carboxylic acids is 1. The van der Waals surface area contributed by atoms with Crippen molar-refractivity contribution in [1.82, 2.24) is 16.0 Å². The van der Waals surface area contributed by atoms with Gasteiger partial charge in [-0.05, 0) is 25.3 Å². The SMILES string of the molecule is CCNC(=NCC(CO)c1ccccc1)NCCC(=O)NC1CCCCC1. The second-order valence-electron chi connectivity index (χ2n) is 7.09. The first-order chi connectivity index (χ1) is 13.2. The van der Waals surface area contributed by atoms with Crippen LogP contribution in [0.15, 0.2) is 35.3 Å². The number of guanidine groups is 1. The topological polar surface area (TPSA) is 85.8 Å². The molecule has 0 radical (unpaired) electrons. The van der Waals surface area contributed by atoms with E-state index in [0.717, 1.165) is 24.9 Å². The highest BCUT2D eigenvalue weighted by molar-refractivity contribution is 5.81. The van der Waals surface area contributed by atoms with Crippen LogP contribution in [-0.2, 0) is 4.79 Å². The van der Waals surface area contributed by atoms with Crippen molar-refractivity contribution < 1.29 is 9.90 Å². The van der Waals surface area contributed by atoms with E-state index in [1.165, 1.54) is 19.3 Å². The van der Waals surface area contributed by atoms with Crippen LogP contribution in [0.4, 0.5) is 0 Å². The first-order valence-corrected chi connectivity index (χ1v) is 10.2. The van der Waals surface area contributed by atoms with Crippen LogP contribution in [0.5, 0.6) is 0 Å². The van der Waals surface area contributed by atoms with Crippen LogP contribution >= 0.6 is 0 Å². The summed E-state index contributed by atoms with van der Waals surface area (Å²) in [6.45, 7) is 3.84. The van der Waals surface area contributed by atoms with Crippen LogP contribution in [0.3, 0.4) is 0 Å². The van der Waals surface area contributed by atoms with Gasteiger partial charge in [-0.2, -0.15) is 0 Å². The van der Waals surface area contributed by atoms with E-state index in [-0.39, 0.29) is 18.4 Å². The van der Waals surface area contributed by atoms with Gasteiger partial charge in [0.25, 0.3) is 0 Å². The molecule has 27 heavy (non-hydrogen) atoms. The van der Waals surface area contributed by atoms with Crippen LogP contribution in [0, 0.1) is 0 Å². The monoisotopic (exact) mass is 374 g/mol. The van der Waals surface area contributed by atoms with Gasteiger partial charge in [-0.25, -0.2) is 0 Å². The number of nitrogens with zero attached hydrogens (tertiary/aromatic N) is 1. The van der Waals surface area contributed by atoms with Gasteiger partial charge in [-0.1, -0.05) is 49.6 Å². The van der Waals surface area contributed by atoms with Crippen molar-refractivity contribution in [2.24, 2.45) is 4.99 Å². The van der Waals surface area contributed by atoms with Crippen LogP contribution in [0.1, 0.15) is 56.9 Å². The van der Waals surface area contributed by atoms with Gasteiger partial charge < -0.3 is 21.1 Å². The van der Waals surface area contributed by atoms with Gasteiger partial charge >= 0.3 is 0 Å². The van der Waals surface area contributed by atoms with Gasteiger partial charge in [0, 0.05) is 31.5 Å². The first kappa shape index (κ1) is 21.2. The Morgan fingerprint density at radius 3 is 2.59 bits per heavy atom. The number of carbonyl (C=O) groups is 1. The molecular weight excluding hydrogens is 340 g/mol. The maximum Gasteiger partial charge on any atom is 0.221 e. The van der Waals surface area contributed by atoms with Gasteiger partial charge in [0.15, 0.2) is 5.96 Å². The van der Waals surface area contributed by atoms with Gasteiger partial charge in [0.05, 0.1) is 13.2 Å². The zero-order chi connectivity index (χ0) is 19.3. The third kappa shape index (κ3) is 7.99. The fourth-order valence-electron chi connectivity index (χ4n) is 3.38. The highest BCUT2D eigenvalue weighted by Crippen LogP contribution is 2.17. The molecule has 0 saturated heterocycles. The van der Waals surface area contributed by atoms with E-state index < -0.39 is 0 Å². The molecule has 1 atom stereocenters. The lowest BCUT2D eigenvalue weighted by Gasteiger charge is -2.22. The number of hydrogen-bond acceptors (Lipinski definition) is 3. The quantitative estimate of drug-likeness (QED) is 0.394. The summed E-state index contributed by atoms with van der Waals surface area (Å²) in [7, 11) is 0. The molecule has 0 spiro atoms. The number of aliphatic imine (C=N–C) groups is 1. The average molecular weight is 375 g/mol. The zero-order valence-electron chi connectivity index (χ0n) is 16.4. The minimum absolute atomic E-state index is 0.0312.